The van der Waals surface area contributed by atoms with Gasteiger partial charge in [0.05, 0.1) is 5.69 Å². The highest BCUT2D eigenvalue weighted by molar-refractivity contribution is 5.92. The Morgan fingerprint density at radius 3 is 2.41 bits per heavy atom. The maximum absolute atomic E-state index is 13.3. The van der Waals surface area contributed by atoms with Crippen molar-refractivity contribution in [3.05, 3.63) is 66.0 Å². The summed E-state index contributed by atoms with van der Waals surface area (Å²) in [5, 5.41) is 2.35. The van der Waals surface area contributed by atoms with E-state index in [9.17, 15) is 14.0 Å². The van der Waals surface area contributed by atoms with Gasteiger partial charge in [0, 0.05) is 6.42 Å². The molecule has 0 atom stereocenters. The van der Waals surface area contributed by atoms with Crippen molar-refractivity contribution in [3.8, 4) is 0 Å². The predicted octanol–water partition coefficient (Wildman–Crippen LogP) is 2.94. The molecule has 22 heavy (non-hydrogen) atoms. The minimum absolute atomic E-state index is 0.0628. The Labute approximate surface area is 127 Å². The number of ether oxygens (including phenoxy) is 1. The molecule has 0 spiro atoms. The first-order valence-electron chi connectivity index (χ1n) is 6.89. The van der Waals surface area contributed by atoms with E-state index in [2.05, 4.69) is 5.32 Å². The molecule has 1 amide bonds. The van der Waals surface area contributed by atoms with Crippen LogP contribution in [0.15, 0.2) is 54.6 Å². The minimum Gasteiger partial charge on any atom is -0.456 e. The van der Waals surface area contributed by atoms with Crippen LogP contribution in [0.2, 0.25) is 0 Å². The molecule has 1 N–H and O–H groups in total. The molecule has 2 rings (SSSR count). The topological polar surface area (TPSA) is 55.4 Å². The highest BCUT2D eigenvalue weighted by Crippen LogP contribution is 2.12. The van der Waals surface area contributed by atoms with E-state index in [1.165, 1.54) is 18.2 Å². The van der Waals surface area contributed by atoms with Crippen LogP contribution in [0.3, 0.4) is 0 Å². The third-order valence-electron chi connectivity index (χ3n) is 2.97. The van der Waals surface area contributed by atoms with Crippen molar-refractivity contribution in [2.75, 3.05) is 11.9 Å². The van der Waals surface area contributed by atoms with Gasteiger partial charge in [-0.25, -0.2) is 4.39 Å². The van der Waals surface area contributed by atoms with Crippen molar-refractivity contribution in [2.45, 2.75) is 12.8 Å². The summed E-state index contributed by atoms with van der Waals surface area (Å²) in [5.74, 6) is -1.57. The smallest absolute Gasteiger partial charge is 0.306 e. The molecule has 0 unspecified atom stereocenters. The number of carbonyl (C=O) groups is 2. The molecule has 4 nitrogen and oxygen atoms in total. The third kappa shape index (κ3) is 5.01. The Bertz CT molecular complexity index is 643. The second-order valence-corrected chi connectivity index (χ2v) is 4.67. The number of amides is 1. The standard InChI is InChI=1S/C17H16FNO3/c18-14-8-4-5-9-15(14)19-16(20)12-22-17(21)11-10-13-6-2-1-3-7-13/h1-9H,10-12H2,(H,19,20). The van der Waals surface area contributed by atoms with Crippen LogP contribution >= 0.6 is 0 Å². The van der Waals surface area contributed by atoms with E-state index < -0.39 is 24.3 Å². The minimum atomic E-state index is -0.571. The summed E-state index contributed by atoms with van der Waals surface area (Å²) in [6.45, 7) is -0.429. The number of benzene rings is 2. The molecule has 2 aromatic rings. The SMILES string of the molecule is O=C(COC(=O)CCc1ccccc1)Nc1ccccc1F. The van der Waals surface area contributed by atoms with Crippen LogP contribution in [0.25, 0.3) is 0 Å². The average Bonchev–Trinajstić information content (AvgIpc) is 2.54. The molecule has 0 aliphatic heterocycles. The number of anilines is 1. The molecule has 0 radical (unpaired) electrons. The van der Waals surface area contributed by atoms with Crippen molar-refractivity contribution in [1.82, 2.24) is 0 Å². The lowest BCUT2D eigenvalue weighted by Gasteiger charge is -2.07. The summed E-state index contributed by atoms with van der Waals surface area (Å²) in [6, 6.07) is 15.3. The van der Waals surface area contributed by atoms with Gasteiger partial charge in [-0.15, -0.1) is 0 Å². The van der Waals surface area contributed by atoms with Gasteiger partial charge in [-0.2, -0.15) is 0 Å². The Morgan fingerprint density at radius 2 is 1.68 bits per heavy atom. The zero-order valence-corrected chi connectivity index (χ0v) is 11.9. The summed E-state index contributed by atoms with van der Waals surface area (Å²) < 4.78 is 18.2. The molecular formula is C17H16FNO3. The lowest BCUT2D eigenvalue weighted by Crippen LogP contribution is -2.21. The van der Waals surface area contributed by atoms with Gasteiger partial charge in [-0.3, -0.25) is 9.59 Å². The first-order valence-corrected chi connectivity index (χ1v) is 6.89. The lowest BCUT2D eigenvalue weighted by molar-refractivity contribution is -0.147. The Morgan fingerprint density at radius 1 is 1.00 bits per heavy atom. The van der Waals surface area contributed by atoms with Crippen LogP contribution in [0.5, 0.6) is 0 Å². The molecule has 0 aliphatic carbocycles. The monoisotopic (exact) mass is 301 g/mol. The van der Waals surface area contributed by atoms with E-state index >= 15 is 0 Å². The van der Waals surface area contributed by atoms with Crippen molar-refractivity contribution in [2.24, 2.45) is 0 Å². The van der Waals surface area contributed by atoms with E-state index in [4.69, 9.17) is 4.74 Å². The zero-order chi connectivity index (χ0) is 15.8. The summed E-state index contributed by atoms with van der Waals surface area (Å²) in [4.78, 5) is 23.2. The quantitative estimate of drug-likeness (QED) is 0.835. The lowest BCUT2D eigenvalue weighted by atomic mass is 10.1. The van der Waals surface area contributed by atoms with E-state index in [0.717, 1.165) is 5.56 Å². The molecular weight excluding hydrogens is 285 g/mol. The molecule has 0 aliphatic rings. The average molecular weight is 301 g/mol. The summed E-state index contributed by atoms with van der Waals surface area (Å²) in [6.07, 6.45) is 0.742. The van der Waals surface area contributed by atoms with Gasteiger partial charge in [-0.05, 0) is 24.1 Å². The largest absolute Gasteiger partial charge is 0.456 e. The summed E-state index contributed by atoms with van der Waals surface area (Å²) >= 11 is 0. The van der Waals surface area contributed by atoms with Crippen molar-refractivity contribution in [3.63, 3.8) is 0 Å². The highest BCUT2D eigenvalue weighted by atomic mass is 19.1. The molecule has 0 saturated heterocycles. The molecule has 0 saturated carbocycles. The maximum Gasteiger partial charge on any atom is 0.306 e. The molecule has 5 heteroatoms. The van der Waals surface area contributed by atoms with Gasteiger partial charge in [-0.1, -0.05) is 42.5 Å². The second-order valence-electron chi connectivity index (χ2n) is 4.67. The van der Waals surface area contributed by atoms with Gasteiger partial charge < -0.3 is 10.1 Å². The Hall–Kier alpha value is -2.69. The van der Waals surface area contributed by atoms with Crippen LogP contribution in [-0.4, -0.2) is 18.5 Å². The van der Waals surface area contributed by atoms with Crippen molar-refractivity contribution in [1.29, 1.82) is 0 Å². The van der Waals surface area contributed by atoms with Gasteiger partial charge >= 0.3 is 5.97 Å². The maximum atomic E-state index is 13.3. The van der Waals surface area contributed by atoms with Crippen LogP contribution in [0, 0.1) is 5.82 Å². The molecule has 0 heterocycles. The first-order chi connectivity index (χ1) is 10.6. The van der Waals surface area contributed by atoms with E-state index in [1.807, 2.05) is 30.3 Å². The normalized spacial score (nSPS) is 10.0. The number of carbonyl (C=O) groups excluding carboxylic acids is 2. The molecule has 0 aromatic heterocycles. The Kier molecular flexibility index (Phi) is 5.65. The van der Waals surface area contributed by atoms with Gasteiger partial charge in [0.15, 0.2) is 6.61 Å². The predicted molar refractivity (Wildman–Crippen MR) is 80.8 cm³/mol. The van der Waals surface area contributed by atoms with Gasteiger partial charge in [0.1, 0.15) is 5.82 Å². The summed E-state index contributed by atoms with van der Waals surface area (Å²) in [5.41, 5.74) is 1.09. The fraction of sp³-hybridized carbons (Fsp3) is 0.176. The fourth-order valence-electron chi connectivity index (χ4n) is 1.86. The van der Waals surface area contributed by atoms with Crippen molar-refractivity contribution >= 4 is 17.6 Å². The number of rotatable bonds is 6. The first kappa shape index (κ1) is 15.7. The van der Waals surface area contributed by atoms with Crippen LogP contribution in [0.1, 0.15) is 12.0 Å². The number of hydrogen-bond acceptors (Lipinski definition) is 3. The van der Waals surface area contributed by atoms with Gasteiger partial charge in [0.2, 0.25) is 0 Å². The number of halogens is 1. The number of hydrogen-bond donors (Lipinski definition) is 1. The van der Waals surface area contributed by atoms with E-state index in [0.29, 0.717) is 6.42 Å². The number of aryl methyl sites for hydroxylation is 1. The van der Waals surface area contributed by atoms with E-state index in [-0.39, 0.29) is 12.1 Å². The van der Waals surface area contributed by atoms with Crippen LogP contribution in [0.4, 0.5) is 10.1 Å². The molecule has 2 aromatic carbocycles. The second kappa shape index (κ2) is 7.93. The third-order valence-corrected chi connectivity index (χ3v) is 2.97. The number of para-hydroxylation sites is 1. The van der Waals surface area contributed by atoms with Crippen LogP contribution < -0.4 is 5.32 Å². The molecule has 0 bridgehead atoms. The fourth-order valence-corrected chi connectivity index (χ4v) is 1.86. The van der Waals surface area contributed by atoms with E-state index in [1.54, 1.807) is 6.07 Å². The number of nitrogens with one attached hydrogen (secondary N) is 1. The summed E-state index contributed by atoms with van der Waals surface area (Å²) in [7, 11) is 0. The van der Waals surface area contributed by atoms with Crippen LogP contribution in [-0.2, 0) is 20.7 Å². The Balaban J connectivity index is 1.72. The molecule has 0 fully saturated rings. The van der Waals surface area contributed by atoms with Gasteiger partial charge in [0.25, 0.3) is 5.91 Å². The zero-order valence-electron chi connectivity index (χ0n) is 11.9. The number of esters is 1. The molecule has 114 valence electrons. The van der Waals surface area contributed by atoms with Crippen molar-refractivity contribution < 1.29 is 18.7 Å². The highest BCUT2D eigenvalue weighted by Gasteiger charge is 2.10.